The third kappa shape index (κ3) is 3.29. The molecule has 0 radical (unpaired) electrons. The molecule has 2 amide bonds. The minimum absolute atomic E-state index is 0.0446. The summed E-state index contributed by atoms with van der Waals surface area (Å²) >= 11 is 1.64. The minimum atomic E-state index is -0.325. The highest BCUT2D eigenvalue weighted by atomic mass is 32.1. The maximum absolute atomic E-state index is 13.6. The van der Waals surface area contributed by atoms with Crippen LogP contribution in [0, 0.1) is 5.92 Å². The Labute approximate surface area is 164 Å². The van der Waals surface area contributed by atoms with Crippen molar-refractivity contribution < 1.29 is 9.59 Å². The Kier molecular flexibility index (Phi) is 5.04. The molecular weight excluding hydrogens is 356 g/mol. The summed E-state index contributed by atoms with van der Waals surface area (Å²) in [6.07, 6.45) is 2.14. The third-order valence-electron chi connectivity index (χ3n) is 5.52. The zero-order valence-electron chi connectivity index (χ0n) is 15.9. The lowest BCUT2D eigenvalue weighted by Crippen LogP contribution is -2.48. The van der Waals surface area contributed by atoms with Crippen molar-refractivity contribution >= 4 is 23.2 Å². The van der Waals surface area contributed by atoms with Crippen molar-refractivity contribution in [2.75, 3.05) is 19.6 Å². The monoisotopic (exact) mass is 382 g/mol. The normalized spacial score (nSPS) is 22.4. The minimum Gasteiger partial charge on any atom is -0.342 e. The molecule has 3 heterocycles. The second kappa shape index (κ2) is 7.47. The number of fused-ring (bicyclic) bond motifs is 1. The number of thiophene rings is 1. The highest BCUT2D eigenvalue weighted by Crippen LogP contribution is 2.45. The van der Waals surface area contributed by atoms with Gasteiger partial charge in [-0.2, -0.15) is 0 Å². The molecule has 2 atom stereocenters. The van der Waals surface area contributed by atoms with E-state index >= 15 is 0 Å². The molecule has 1 aromatic heterocycles. The first-order chi connectivity index (χ1) is 13.1. The summed E-state index contributed by atoms with van der Waals surface area (Å²) in [5.41, 5.74) is 1.57. The second-order valence-corrected chi connectivity index (χ2v) is 8.89. The third-order valence-corrected chi connectivity index (χ3v) is 6.46. The standard InChI is InChI=1S/C22H26N2O2S/c1-15(2)14-24-20(18-10-7-13-27-18)19(22(26)23-11-5-6-12-23)16-8-3-4-9-17(16)21(24)25/h3-4,7-10,13,15,19-20H,5-6,11-12,14H2,1-2H3. The molecule has 2 aliphatic rings. The van der Waals surface area contributed by atoms with Gasteiger partial charge in [0.1, 0.15) is 0 Å². The van der Waals surface area contributed by atoms with Crippen LogP contribution in [0.25, 0.3) is 0 Å². The van der Waals surface area contributed by atoms with Crippen LogP contribution < -0.4 is 0 Å². The molecule has 4 rings (SSSR count). The molecule has 27 heavy (non-hydrogen) atoms. The van der Waals surface area contributed by atoms with E-state index in [4.69, 9.17) is 0 Å². The number of amides is 2. The van der Waals surface area contributed by atoms with Crippen LogP contribution in [0.1, 0.15) is 59.4 Å². The first-order valence-electron chi connectivity index (χ1n) is 9.80. The molecule has 0 bridgehead atoms. The Morgan fingerprint density at radius 2 is 1.89 bits per heavy atom. The van der Waals surface area contributed by atoms with Crippen LogP contribution in [0.15, 0.2) is 41.8 Å². The summed E-state index contributed by atoms with van der Waals surface area (Å²) in [5.74, 6) is 0.224. The smallest absolute Gasteiger partial charge is 0.254 e. The molecule has 0 N–H and O–H groups in total. The summed E-state index contributed by atoms with van der Waals surface area (Å²) in [4.78, 5) is 32.0. The van der Waals surface area contributed by atoms with Gasteiger partial charge in [-0.1, -0.05) is 38.1 Å². The van der Waals surface area contributed by atoms with Gasteiger partial charge in [0.15, 0.2) is 0 Å². The van der Waals surface area contributed by atoms with Gasteiger partial charge in [-0.05, 0) is 41.8 Å². The average Bonchev–Trinajstić information content (AvgIpc) is 3.37. The predicted molar refractivity (Wildman–Crippen MR) is 108 cm³/mol. The van der Waals surface area contributed by atoms with E-state index in [9.17, 15) is 9.59 Å². The molecule has 142 valence electrons. The molecule has 1 aromatic carbocycles. The zero-order chi connectivity index (χ0) is 19.0. The second-order valence-electron chi connectivity index (χ2n) is 7.91. The van der Waals surface area contributed by atoms with Gasteiger partial charge in [0.2, 0.25) is 5.91 Å². The molecule has 1 fully saturated rings. The number of carbonyl (C=O) groups excluding carboxylic acids is 2. The Balaban J connectivity index is 1.86. The Morgan fingerprint density at radius 1 is 1.15 bits per heavy atom. The number of hydrogen-bond acceptors (Lipinski definition) is 3. The van der Waals surface area contributed by atoms with Crippen molar-refractivity contribution in [2.45, 2.75) is 38.6 Å². The lowest BCUT2D eigenvalue weighted by atomic mass is 9.80. The fourth-order valence-corrected chi connectivity index (χ4v) is 5.24. The summed E-state index contributed by atoms with van der Waals surface area (Å²) in [7, 11) is 0. The molecule has 1 saturated heterocycles. The number of rotatable bonds is 4. The molecular formula is C22H26N2O2S. The van der Waals surface area contributed by atoms with Crippen molar-refractivity contribution in [2.24, 2.45) is 5.92 Å². The number of benzene rings is 1. The molecule has 0 aliphatic carbocycles. The van der Waals surface area contributed by atoms with E-state index in [1.807, 2.05) is 45.5 Å². The number of hydrogen-bond donors (Lipinski definition) is 0. The van der Waals surface area contributed by atoms with Gasteiger partial charge >= 0.3 is 0 Å². The molecule has 2 aromatic rings. The van der Waals surface area contributed by atoms with Crippen molar-refractivity contribution in [1.29, 1.82) is 0 Å². The topological polar surface area (TPSA) is 40.6 Å². The van der Waals surface area contributed by atoms with Gasteiger partial charge in [-0.25, -0.2) is 0 Å². The van der Waals surface area contributed by atoms with E-state index in [0.29, 0.717) is 18.0 Å². The highest BCUT2D eigenvalue weighted by Gasteiger charge is 2.46. The molecule has 2 unspecified atom stereocenters. The van der Waals surface area contributed by atoms with Crippen molar-refractivity contribution in [3.05, 3.63) is 57.8 Å². The summed E-state index contributed by atoms with van der Waals surface area (Å²) in [5, 5.41) is 2.03. The van der Waals surface area contributed by atoms with Crippen LogP contribution in [0.3, 0.4) is 0 Å². The quantitative estimate of drug-likeness (QED) is 0.791. The van der Waals surface area contributed by atoms with Crippen LogP contribution in [0.4, 0.5) is 0 Å². The van der Waals surface area contributed by atoms with E-state index in [1.165, 1.54) is 0 Å². The Morgan fingerprint density at radius 3 is 2.56 bits per heavy atom. The van der Waals surface area contributed by atoms with Crippen LogP contribution in [-0.2, 0) is 4.79 Å². The van der Waals surface area contributed by atoms with E-state index in [0.717, 1.165) is 36.4 Å². The molecule has 0 saturated carbocycles. The fourth-order valence-electron chi connectivity index (χ4n) is 4.36. The first-order valence-corrected chi connectivity index (χ1v) is 10.7. The van der Waals surface area contributed by atoms with Crippen LogP contribution in [0.5, 0.6) is 0 Å². The Bertz CT molecular complexity index is 825. The van der Waals surface area contributed by atoms with E-state index in [-0.39, 0.29) is 23.8 Å². The number of nitrogens with zero attached hydrogens (tertiary/aromatic N) is 2. The van der Waals surface area contributed by atoms with Gasteiger partial charge in [0.05, 0.1) is 12.0 Å². The molecule has 4 nitrogen and oxygen atoms in total. The molecule has 5 heteroatoms. The maximum Gasteiger partial charge on any atom is 0.254 e. The molecule has 0 spiro atoms. The fraction of sp³-hybridized carbons (Fsp3) is 0.455. The van der Waals surface area contributed by atoms with Gasteiger partial charge in [0, 0.05) is 30.1 Å². The number of likely N-dealkylation sites (tertiary alicyclic amines) is 1. The van der Waals surface area contributed by atoms with Gasteiger partial charge in [0.25, 0.3) is 5.91 Å². The summed E-state index contributed by atoms with van der Waals surface area (Å²) in [6, 6.07) is 11.5. The SMILES string of the molecule is CC(C)CN1C(=O)c2ccccc2C(C(=O)N2CCCC2)C1c1cccs1. The first kappa shape index (κ1) is 18.2. The number of carbonyl (C=O) groups is 2. The largest absolute Gasteiger partial charge is 0.342 e. The lowest BCUT2D eigenvalue weighted by molar-refractivity contribution is -0.133. The van der Waals surface area contributed by atoms with E-state index < -0.39 is 0 Å². The van der Waals surface area contributed by atoms with Gasteiger partial charge in [-0.3, -0.25) is 9.59 Å². The highest BCUT2D eigenvalue weighted by molar-refractivity contribution is 7.10. The predicted octanol–water partition coefficient (Wildman–Crippen LogP) is 4.31. The van der Waals surface area contributed by atoms with Crippen LogP contribution in [-0.4, -0.2) is 41.2 Å². The van der Waals surface area contributed by atoms with Gasteiger partial charge in [-0.15, -0.1) is 11.3 Å². The van der Waals surface area contributed by atoms with Crippen molar-refractivity contribution in [3.63, 3.8) is 0 Å². The molecule has 2 aliphatic heterocycles. The van der Waals surface area contributed by atoms with Crippen molar-refractivity contribution in [1.82, 2.24) is 9.80 Å². The summed E-state index contributed by atoms with van der Waals surface area (Å²) in [6.45, 7) is 6.55. The van der Waals surface area contributed by atoms with E-state index in [2.05, 4.69) is 19.9 Å². The van der Waals surface area contributed by atoms with E-state index in [1.54, 1.807) is 11.3 Å². The average molecular weight is 383 g/mol. The zero-order valence-corrected chi connectivity index (χ0v) is 16.7. The Hall–Kier alpha value is -2.14. The van der Waals surface area contributed by atoms with Crippen LogP contribution >= 0.6 is 11.3 Å². The maximum atomic E-state index is 13.6. The summed E-state index contributed by atoms with van der Waals surface area (Å²) < 4.78 is 0. The lowest BCUT2D eigenvalue weighted by Gasteiger charge is -2.43. The van der Waals surface area contributed by atoms with Crippen LogP contribution in [0.2, 0.25) is 0 Å². The van der Waals surface area contributed by atoms with Gasteiger partial charge < -0.3 is 9.80 Å². The van der Waals surface area contributed by atoms with Crippen molar-refractivity contribution in [3.8, 4) is 0 Å².